The predicted octanol–water partition coefficient (Wildman–Crippen LogP) is 1.57. The van der Waals surface area contributed by atoms with Gasteiger partial charge in [0.15, 0.2) is 0 Å². The van der Waals surface area contributed by atoms with Gasteiger partial charge < -0.3 is 0 Å². The molecule has 0 unspecified atom stereocenters. The fraction of sp³-hybridized carbons (Fsp3) is 0.667. The third-order valence-electron chi connectivity index (χ3n) is 3.84. The lowest BCUT2D eigenvalue weighted by molar-refractivity contribution is 0.0713. The number of sulfonamides is 1. The summed E-state index contributed by atoms with van der Waals surface area (Å²) in [5.74, 6) is 0.748. The Morgan fingerprint density at radius 3 is 2.48 bits per heavy atom. The topological polar surface area (TPSA) is 53.5 Å². The standard InChI is InChI=1S/C15H25N3O2S/c1-4-21(19,20)18-11-15(12-18)17(9-13(2)3)10-14-5-7-16-8-6-14/h5-8,13,15H,4,9-12H2,1-3H3. The predicted molar refractivity (Wildman–Crippen MR) is 84.3 cm³/mol. The molecule has 1 aromatic heterocycles. The molecule has 1 aliphatic heterocycles. The van der Waals surface area contributed by atoms with Crippen molar-refractivity contribution in [3.63, 3.8) is 0 Å². The number of aromatic nitrogens is 1. The highest BCUT2D eigenvalue weighted by molar-refractivity contribution is 7.89. The summed E-state index contributed by atoms with van der Waals surface area (Å²) in [4.78, 5) is 6.43. The first-order chi connectivity index (χ1) is 9.92. The Hall–Kier alpha value is -0.980. The SMILES string of the molecule is CCS(=O)(=O)N1CC(N(Cc2ccncc2)CC(C)C)C1. The second-order valence-electron chi connectivity index (χ2n) is 6.05. The van der Waals surface area contributed by atoms with Crippen molar-refractivity contribution in [2.75, 3.05) is 25.4 Å². The molecule has 0 radical (unpaired) electrons. The van der Waals surface area contributed by atoms with Crippen LogP contribution in [0.5, 0.6) is 0 Å². The molecule has 6 heteroatoms. The zero-order chi connectivity index (χ0) is 15.5. The highest BCUT2D eigenvalue weighted by Gasteiger charge is 2.38. The molecule has 0 aromatic carbocycles. The largest absolute Gasteiger partial charge is 0.293 e. The molecule has 1 aliphatic rings. The third kappa shape index (κ3) is 4.25. The molecule has 0 N–H and O–H groups in total. The number of hydrogen-bond donors (Lipinski definition) is 0. The van der Waals surface area contributed by atoms with Crippen LogP contribution < -0.4 is 0 Å². The lowest BCUT2D eigenvalue weighted by atomic mass is 10.1. The van der Waals surface area contributed by atoms with E-state index in [9.17, 15) is 8.42 Å². The van der Waals surface area contributed by atoms with Crippen molar-refractivity contribution in [3.05, 3.63) is 30.1 Å². The summed E-state index contributed by atoms with van der Waals surface area (Å²) in [7, 11) is -3.03. The smallest absolute Gasteiger partial charge is 0.213 e. The molecular formula is C15H25N3O2S. The molecule has 118 valence electrons. The molecule has 5 nitrogen and oxygen atoms in total. The second-order valence-corrected chi connectivity index (χ2v) is 8.31. The lowest BCUT2D eigenvalue weighted by Gasteiger charge is -2.45. The number of rotatable bonds is 7. The molecule has 0 spiro atoms. The van der Waals surface area contributed by atoms with Crippen LogP contribution in [0.25, 0.3) is 0 Å². The lowest BCUT2D eigenvalue weighted by Crippen LogP contribution is -2.61. The van der Waals surface area contributed by atoms with E-state index < -0.39 is 10.0 Å². The van der Waals surface area contributed by atoms with E-state index in [0.717, 1.165) is 13.1 Å². The Kier molecular flexibility index (Phi) is 5.35. The van der Waals surface area contributed by atoms with Gasteiger partial charge in [-0.2, -0.15) is 4.31 Å². The first-order valence-corrected chi connectivity index (χ1v) is 9.14. The van der Waals surface area contributed by atoms with Crippen molar-refractivity contribution in [1.29, 1.82) is 0 Å². The third-order valence-corrected chi connectivity index (χ3v) is 5.65. The van der Waals surface area contributed by atoms with Gasteiger partial charge in [-0.3, -0.25) is 9.88 Å². The maximum absolute atomic E-state index is 11.8. The Morgan fingerprint density at radius 2 is 1.95 bits per heavy atom. The Morgan fingerprint density at radius 1 is 1.33 bits per heavy atom. The maximum atomic E-state index is 11.8. The van der Waals surface area contributed by atoms with Gasteiger partial charge in [-0.1, -0.05) is 13.8 Å². The Bertz CT molecular complexity index is 539. The quantitative estimate of drug-likeness (QED) is 0.767. The maximum Gasteiger partial charge on any atom is 0.213 e. The van der Waals surface area contributed by atoms with Crippen molar-refractivity contribution in [2.24, 2.45) is 5.92 Å². The van der Waals surface area contributed by atoms with E-state index in [1.165, 1.54) is 5.56 Å². The van der Waals surface area contributed by atoms with Gasteiger partial charge in [0.25, 0.3) is 0 Å². The minimum Gasteiger partial charge on any atom is -0.293 e. The van der Waals surface area contributed by atoms with Crippen molar-refractivity contribution in [1.82, 2.24) is 14.2 Å². The van der Waals surface area contributed by atoms with Crippen LogP contribution in [0.15, 0.2) is 24.5 Å². The molecule has 0 bridgehead atoms. The van der Waals surface area contributed by atoms with E-state index in [0.29, 0.717) is 25.0 Å². The number of nitrogens with zero attached hydrogens (tertiary/aromatic N) is 3. The summed E-state index contributed by atoms with van der Waals surface area (Å²) in [5.41, 5.74) is 1.22. The van der Waals surface area contributed by atoms with Gasteiger partial charge in [-0.05, 0) is 30.5 Å². The summed E-state index contributed by atoms with van der Waals surface area (Å²) in [5, 5.41) is 0. The zero-order valence-electron chi connectivity index (χ0n) is 13.1. The van der Waals surface area contributed by atoms with Crippen molar-refractivity contribution in [2.45, 2.75) is 33.4 Å². The first kappa shape index (κ1) is 16.4. The van der Waals surface area contributed by atoms with Gasteiger partial charge in [0.05, 0.1) is 5.75 Å². The van der Waals surface area contributed by atoms with Crippen LogP contribution in [0.2, 0.25) is 0 Å². The highest BCUT2D eigenvalue weighted by atomic mass is 32.2. The summed E-state index contributed by atoms with van der Waals surface area (Å²) in [6, 6.07) is 4.36. The molecule has 0 saturated carbocycles. The van der Waals surface area contributed by atoms with Crippen molar-refractivity contribution in [3.8, 4) is 0 Å². The molecule has 0 aliphatic carbocycles. The van der Waals surface area contributed by atoms with E-state index in [1.807, 2.05) is 12.1 Å². The van der Waals surface area contributed by atoms with E-state index in [4.69, 9.17) is 0 Å². The fourth-order valence-corrected chi connectivity index (χ4v) is 3.76. The van der Waals surface area contributed by atoms with E-state index in [-0.39, 0.29) is 5.75 Å². The Balaban J connectivity index is 1.99. The molecule has 1 fully saturated rings. The summed E-state index contributed by atoms with van der Waals surface area (Å²) in [6.45, 7) is 9.16. The first-order valence-electron chi connectivity index (χ1n) is 7.53. The van der Waals surface area contributed by atoms with E-state index in [1.54, 1.807) is 23.6 Å². The van der Waals surface area contributed by atoms with Crippen LogP contribution in [0.1, 0.15) is 26.3 Å². The van der Waals surface area contributed by atoms with Crippen molar-refractivity contribution >= 4 is 10.0 Å². The zero-order valence-corrected chi connectivity index (χ0v) is 13.9. The molecule has 2 rings (SSSR count). The van der Waals surface area contributed by atoms with Crippen LogP contribution in [-0.4, -0.2) is 54.0 Å². The van der Waals surface area contributed by atoms with Crippen LogP contribution in [0, 0.1) is 5.92 Å². The minimum atomic E-state index is -3.03. The molecule has 1 aromatic rings. The van der Waals surface area contributed by atoms with Crippen molar-refractivity contribution < 1.29 is 8.42 Å². The van der Waals surface area contributed by atoms with Gasteiger partial charge in [-0.15, -0.1) is 0 Å². The molecule has 0 atom stereocenters. The summed E-state index contributed by atoms with van der Waals surface area (Å²) < 4.78 is 25.3. The highest BCUT2D eigenvalue weighted by Crippen LogP contribution is 2.22. The fourth-order valence-electron chi connectivity index (χ4n) is 2.59. The summed E-state index contributed by atoms with van der Waals surface area (Å²) >= 11 is 0. The van der Waals surface area contributed by atoms with E-state index in [2.05, 4.69) is 23.7 Å². The van der Waals surface area contributed by atoms with Gasteiger partial charge in [0.2, 0.25) is 10.0 Å². The van der Waals surface area contributed by atoms with Crippen LogP contribution >= 0.6 is 0 Å². The molecule has 1 saturated heterocycles. The van der Waals surface area contributed by atoms with Gasteiger partial charge in [0.1, 0.15) is 0 Å². The monoisotopic (exact) mass is 311 g/mol. The van der Waals surface area contributed by atoms with E-state index >= 15 is 0 Å². The van der Waals surface area contributed by atoms with Gasteiger partial charge in [-0.25, -0.2) is 8.42 Å². The molecule has 2 heterocycles. The van der Waals surface area contributed by atoms with Gasteiger partial charge >= 0.3 is 0 Å². The average Bonchev–Trinajstić information content (AvgIpc) is 2.37. The Labute approximate surface area is 128 Å². The number of pyridine rings is 1. The van der Waals surface area contributed by atoms with Crippen LogP contribution in [0.3, 0.4) is 0 Å². The van der Waals surface area contributed by atoms with Crippen LogP contribution in [-0.2, 0) is 16.6 Å². The second kappa shape index (κ2) is 6.85. The number of hydrogen-bond acceptors (Lipinski definition) is 4. The molecular weight excluding hydrogens is 286 g/mol. The molecule has 21 heavy (non-hydrogen) atoms. The van der Waals surface area contributed by atoms with Gasteiger partial charge in [0, 0.05) is 44.6 Å². The van der Waals surface area contributed by atoms with Crippen LogP contribution in [0.4, 0.5) is 0 Å². The normalized spacial score (nSPS) is 17.4. The summed E-state index contributed by atoms with van der Waals surface area (Å²) in [6.07, 6.45) is 3.61. The average molecular weight is 311 g/mol. The minimum absolute atomic E-state index is 0.189. The molecule has 0 amide bonds.